The van der Waals surface area contributed by atoms with E-state index < -0.39 is 0 Å². The van der Waals surface area contributed by atoms with Gasteiger partial charge in [-0.3, -0.25) is 10.2 Å². The molecule has 4 heteroatoms. The number of hydrazine groups is 1. The predicted octanol–water partition coefficient (Wildman–Crippen LogP) is 1.77. The molecule has 3 nitrogen and oxygen atoms in total. The van der Waals surface area contributed by atoms with Crippen molar-refractivity contribution < 1.29 is 4.79 Å². The number of benzene rings is 1. The van der Waals surface area contributed by atoms with Crippen LogP contribution in [0, 0.1) is 0 Å². The molecule has 84 valence electrons. The minimum Gasteiger partial charge on any atom is -0.291 e. The van der Waals surface area contributed by atoms with E-state index in [-0.39, 0.29) is 11.9 Å². The molecule has 0 aliphatic carbocycles. The van der Waals surface area contributed by atoms with E-state index in [9.17, 15) is 4.79 Å². The van der Waals surface area contributed by atoms with E-state index in [2.05, 4.69) is 29.6 Å². The predicted molar refractivity (Wildman–Crippen MR) is 67.0 cm³/mol. The van der Waals surface area contributed by atoms with Crippen LogP contribution in [0.2, 0.25) is 0 Å². The van der Waals surface area contributed by atoms with Crippen molar-refractivity contribution >= 4 is 24.6 Å². The van der Waals surface area contributed by atoms with Crippen LogP contribution in [-0.4, -0.2) is 11.9 Å². The van der Waals surface area contributed by atoms with Crippen LogP contribution in [0.15, 0.2) is 35.2 Å². The second-order valence-electron chi connectivity index (χ2n) is 3.76. The highest BCUT2D eigenvalue weighted by atomic mass is 32.1. The molecule has 1 heterocycles. The first-order valence-corrected chi connectivity index (χ1v) is 5.71. The van der Waals surface area contributed by atoms with Crippen molar-refractivity contribution in [1.82, 2.24) is 10.9 Å². The summed E-state index contributed by atoms with van der Waals surface area (Å²) in [7, 11) is 0. The lowest BCUT2D eigenvalue weighted by molar-refractivity contribution is -0.123. The van der Waals surface area contributed by atoms with Crippen molar-refractivity contribution in [3.8, 4) is 0 Å². The SMILES string of the molecule is O=C1CCC(/C=C/c2ccccc2S)NN1. The van der Waals surface area contributed by atoms with Gasteiger partial charge in [0.25, 0.3) is 0 Å². The van der Waals surface area contributed by atoms with E-state index in [1.54, 1.807) is 0 Å². The summed E-state index contributed by atoms with van der Waals surface area (Å²) in [5.74, 6) is 0.0549. The van der Waals surface area contributed by atoms with Gasteiger partial charge in [-0.05, 0) is 18.1 Å². The second kappa shape index (κ2) is 5.18. The number of amides is 1. The molecule has 2 N–H and O–H groups in total. The molecule has 0 saturated carbocycles. The van der Waals surface area contributed by atoms with Crippen molar-refractivity contribution in [2.75, 3.05) is 0 Å². The van der Waals surface area contributed by atoms with Crippen LogP contribution in [0.25, 0.3) is 6.08 Å². The van der Waals surface area contributed by atoms with Gasteiger partial charge >= 0.3 is 0 Å². The van der Waals surface area contributed by atoms with E-state index in [4.69, 9.17) is 0 Å². The Bertz CT molecular complexity index is 407. The lowest BCUT2D eigenvalue weighted by Gasteiger charge is -2.20. The van der Waals surface area contributed by atoms with Gasteiger partial charge < -0.3 is 0 Å². The lowest BCUT2D eigenvalue weighted by Crippen LogP contribution is -2.48. The molecular weight excluding hydrogens is 220 g/mol. The Hall–Kier alpha value is -1.26. The molecule has 16 heavy (non-hydrogen) atoms. The lowest BCUT2D eigenvalue weighted by atomic mass is 10.1. The quantitative estimate of drug-likeness (QED) is 0.683. The molecule has 1 unspecified atom stereocenters. The first kappa shape index (κ1) is 11.2. The van der Waals surface area contributed by atoms with Gasteiger partial charge in [-0.15, -0.1) is 12.6 Å². The molecule has 2 rings (SSSR count). The zero-order chi connectivity index (χ0) is 11.4. The highest BCUT2D eigenvalue weighted by Gasteiger charge is 2.14. The molecule has 0 spiro atoms. The molecule has 0 bridgehead atoms. The molecule has 1 saturated heterocycles. The average Bonchev–Trinajstić information content (AvgIpc) is 2.30. The molecule has 1 amide bonds. The van der Waals surface area contributed by atoms with Crippen LogP contribution in [0.4, 0.5) is 0 Å². The van der Waals surface area contributed by atoms with Gasteiger partial charge in [0.1, 0.15) is 0 Å². The molecule has 1 aromatic carbocycles. The van der Waals surface area contributed by atoms with Crippen molar-refractivity contribution in [2.45, 2.75) is 23.8 Å². The number of thiol groups is 1. The van der Waals surface area contributed by atoms with E-state index in [1.807, 2.05) is 30.3 Å². The smallest absolute Gasteiger partial charge is 0.234 e. The Morgan fingerprint density at radius 1 is 1.38 bits per heavy atom. The van der Waals surface area contributed by atoms with Gasteiger partial charge in [0.15, 0.2) is 0 Å². The molecule has 1 atom stereocenters. The molecule has 1 aromatic rings. The van der Waals surface area contributed by atoms with E-state index >= 15 is 0 Å². The Balaban J connectivity index is 1.99. The van der Waals surface area contributed by atoms with Crippen molar-refractivity contribution in [3.05, 3.63) is 35.9 Å². The zero-order valence-electron chi connectivity index (χ0n) is 8.81. The number of hydrogen-bond donors (Lipinski definition) is 3. The molecule has 0 radical (unpaired) electrons. The maximum Gasteiger partial charge on any atom is 0.234 e. The van der Waals surface area contributed by atoms with Crippen molar-refractivity contribution in [1.29, 1.82) is 0 Å². The average molecular weight is 234 g/mol. The fraction of sp³-hybridized carbons (Fsp3) is 0.250. The van der Waals surface area contributed by atoms with Crippen LogP contribution in [0.1, 0.15) is 18.4 Å². The number of nitrogens with one attached hydrogen (secondary N) is 2. The summed E-state index contributed by atoms with van der Waals surface area (Å²) < 4.78 is 0. The Kier molecular flexibility index (Phi) is 3.64. The Labute approximate surface area is 100 Å². The summed E-state index contributed by atoms with van der Waals surface area (Å²) in [5, 5.41) is 0. The third-order valence-corrected chi connectivity index (χ3v) is 2.93. The van der Waals surface area contributed by atoms with Gasteiger partial charge in [0.05, 0.1) is 0 Å². The maximum atomic E-state index is 10.9. The monoisotopic (exact) mass is 234 g/mol. The van der Waals surface area contributed by atoms with E-state index in [1.165, 1.54) is 0 Å². The van der Waals surface area contributed by atoms with Crippen LogP contribution >= 0.6 is 12.6 Å². The fourth-order valence-corrected chi connectivity index (χ4v) is 1.82. The number of carbonyl (C=O) groups is 1. The van der Waals surface area contributed by atoms with Gasteiger partial charge in [-0.2, -0.15) is 0 Å². The van der Waals surface area contributed by atoms with Gasteiger partial charge in [0.2, 0.25) is 5.91 Å². The van der Waals surface area contributed by atoms with Gasteiger partial charge in [0, 0.05) is 17.4 Å². The summed E-state index contributed by atoms with van der Waals surface area (Å²) in [6.45, 7) is 0. The molecule has 0 aromatic heterocycles. The summed E-state index contributed by atoms with van der Waals surface area (Å²) in [6, 6.07) is 8.11. The molecule has 1 aliphatic rings. The number of hydrogen-bond acceptors (Lipinski definition) is 3. The maximum absolute atomic E-state index is 10.9. The van der Waals surface area contributed by atoms with Crippen molar-refractivity contribution in [2.24, 2.45) is 0 Å². The van der Waals surface area contributed by atoms with Crippen LogP contribution in [-0.2, 0) is 4.79 Å². The van der Waals surface area contributed by atoms with Crippen LogP contribution < -0.4 is 10.9 Å². The summed E-state index contributed by atoms with van der Waals surface area (Å²) >= 11 is 4.37. The summed E-state index contributed by atoms with van der Waals surface area (Å²) in [4.78, 5) is 11.9. The fourth-order valence-electron chi connectivity index (χ4n) is 1.59. The van der Waals surface area contributed by atoms with Gasteiger partial charge in [-0.25, -0.2) is 5.43 Å². The van der Waals surface area contributed by atoms with Crippen LogP contribution in [0.3, 0.4) is 0 Å². The number of rotatable bonds is 2. The molecule has 1 fully saturated rings. The molecular formula is C12H14N2OS. The van der Waals surface area contributed by atoms with E-state index in [0.29, 0.717) is 6.42 Å². The summed E-state index contributed by atoms with van der Waals surface area (Å²) in [5.41, 5.74) is 6.66. The first-order chi connectivity index (χ1) is 7.75. The first-order valence-electron chi connectivity index (χ1n) is 5.26. The molecule has 1 aliphatic heterocycles. The van der Waals surface area contributed by atoms with E-state index in [0.717, 1.165) is 16.9 Å². The highest BCUT2D eigenvalue weighted by molar-refractivity contribution is 7.80. The van der Waals surface area contributed by atoms with Gasteiger partial charge in [-0.1, -0.05) is 30.4 Å². The topological polar surface area (TPSA) is 41.1 Å². The Morgan fingerprint density at radius 2 is 2.19 bits per heavy atom. The zero-order valence-corrected chi connectivity index (χ0v) is 9.71. The minimum absolute atomic E-state index is 0.0549. The minimum atomic E-state index is 0.0549. The standard InChI is InChI=1S/C12H14N2OS/c15-12-8-7-10(13-14-12)6-5-9-3-1-2-4-11(9)16/h1-6,10,13,16H,7-8H2,(H,14,15)/b6-5+. The third-order valence-electron chi connectivity index (χ3n) is 2.52. The van der Waals surface area contributed by atoms with Crippen molar-refractivity contribution in [3.63, 3.8) is 0 Å². The number of carbonyl (C=O) groups excluding carboxylic acids is 1. The Morgan fingerprint density at radius 3 is 2.88 bits per heavy atom. The second-order valence-corrected chi connectivity index (χ2v) is 4.24. The largest absolute Gasteiger partial charge is 0.291 e. The summed E-state index contributed by atoms with van der Waals surface area (Å²) in [6.07, 6.45) is 5.48. The normalized spacial score (nSPS) is 21.1. The third kappa shape index (κ3) is 2.87. The van der Waals surface area contributed by atoms with Crippen LogP contribution in [0.5, 0.6) is 0 Å². The highest BCUT2D eigenvalue weighted by Crippen LogP contribution is 2.15.